The van der Waals surface area contributed by atoms with Crippen molar-refractivity contribution in [2.45, 2.75) is 6.54 Å². The van der Waals surface area contributed by atoms with Crippen molar-refractivity contribution < 1.29 is 13.5 Å². The molecule has 0 amide bonds. The first-order valence-electron chi connectivity index (χ1n) is 7.76. The van der Waals surface area contributed by atoms with Crippen molar-refractivity contribution in [1.82, 2.24) is 25.6 Å². The average Bonchev–Trinajstić information content (AvgIpc) is 3.09. The molecule has 2 heterocycles. The summed E-state index contributed by atoms with van der Waals surface area (Å²) >= 11 is 4.87. The SMILES string of the molecule is COC(=S)NCc1cn(-c2cc(F)c(N3CCNCC3)c(F)c2)nn1. The van der Waals surface area contributed by atoms with Gasteiger partial charge in [-0.3, -0.25) is 0 Å². The van der Waals surface area contributed by atoms with Gasteiger partial charge in [0.05, 0.1) is 25.5 Å². The van der Waals surface area contributed by atoms with Crippen molar-refractivity contribution in [1.29, 1.82) is 0 Å². The minimum atomic E-state index is -0.618. The molecule has 2 N–H and O–H groups in total. The number of rotatable bonds is 4. The van der Waals surface area contributed by atoms with E-state index in [0.717, 1.165) is 0 Å². The number of anilines is 1. The van der Waals surface area contributed by atoms with E-state index in [1.807, 2.05) is 0 Å². The Hall–Kier alpha value is -2.33. The monoisotopic (exact) mass is 368 g/mol. The summed E-state index contributed by atoms with van der Waals surface area (Å²) in [4.78, 5) is 1.70. The summed E-state index contributed by atoms with van der Waals surface area (Å²) in [7, 11) is 1.46. The summed E-state index contributed by atoms with van der Waals surface area (Å²) in [5.74, 6) is -1.24. The Morgan fingerprint density at radius 3 is 2.64 bits per heavy atom. The van der Waals surface area contributed by atoms with Gasteiger partial charge < -0.3 is 20.3 Å². The molecule has 0 radical (unpaired) electrons. The summed E-state index contributed by atoms with van der Waals surface area (Å²) in [6, 6.07) is 2.51. The molecule has 0 saturated carbocycles. The van der Waals surface area contributed by atoms with E-state index in [0.29, 0.717) is 38.4 Å². The molecule has 1 aromatic heterocycles. The molecule has 7 nitrogen and oxygen atoms in total. The van der Waals surface area contributed by atoms with Gasteiger partial charge in [0, 0.05) is 38.3 Å². The van der Waals surface area contributed by atoms with Crippen molar-refractivity contribution in [2.24, 2.45) is 0 Å². The molecular formula is C15H18F2N6OS. The number of hydrogen-bond donors (Lipinski definition) is 2. The van der Waals surface area contributed by atoms with E-state index in [-0.39, 0.29) is 16.5 Å². The van der Waals surface area contributed by atoms with Crippen LogP contribution >= 0.6 is 12.2 Å². The molecule has 1 aliphatic heterocycles. The van der Waals surface area contributed by atoms with Crippen LogP contribution in [-0.2, 0) is 11.3 Å². The molecule has 0 atom stereocenters. The molecule has 0 bridgehead atoms. The first kappa shape index (κ1) is 17.5. The summed E-state index contributed by atoms with van der Waals surface area (Å²) in [6.07, 6.45) is 1.57. The number of halogens is 2. The van der Waals surface area contributed by atoms with Crippen LogP contribution in [0.1, 0.15) is 5.69 Å². The molecule has 0 unspecified atom stereocenters. The number of thiocarbonyl (C=S) groups is 1. The summed E-state index contributed by atoms with van der Waals surface area (Å²) in [5.41, 5.74) is 0.825. The fourth-order valence-electron chi connectivity index (χ4n) is 2.62. The molecule has 10 heteroatoms. The van der Waals surface area contributed by atoms with Gasteiger partial charge in [0.15, 0.2) is 11.6 Å². The van der Waals surface area contributed by atoms with Gasteiger partial charge in [-0.05, 0) is 12.2 Å². The predicted molar refractivity (Wildman–Crippen MR) is 92.8 cm³/mol. The van der Waals surface area contributed by atoms with Gasteiger partial charge in [0.25, 0.3) is 5.17 Å². The lowest BCUT2D eigenvalue weighted by Crippen LogP contribution is -2.44. The normalized spacial score (nSPS) is 14.4. The van der Waals surface area contributed by atoms with Gasteiger partial charge in [-0.15, -0.1) is 5.10 Å². The van der Waals surface area contributed by atoms with E-state index in [9.17, 15) is 8.78 Å². The molecule has 0 spiro atoms. The number of methoxy groups -OCH3 is 1. The van der Waals surface area contributed by atoms with Crippen molar-refractivity contribution in [2.75, 3.05) is 38.2 Å². The van der Waals surface area contributed by atoms with Crippen LogP contribution in [0.25, 0.3) is 5.69 Å². The molecule has 1 aromatic carbocycles. The van der Waals surface area contributed by atoms with Gasteiger partial charge in [0.2, 0.25) is 0 Å². The number of nitrogens with one attached hydrogen (secondary N) is 2. The molecule has 134 valence electrons. The maximum Gasteiger partial charge on any atom is 0.256 e. The average molecular weight is 368 g/mol. The van der Waals surface area contributed by atoms with E-state index < -0.39 is 11.6 Å². The minimum Gasteiger partial charge on any atom is -0.474 e. The van der Waals surface area contributed by atoms with E-state index in [1.54, 1.807) is 11.1 Å². The van der Waals surface area contributed by atoms with Crippen LogP contribution in [0.15, 0.2) is 18.3 Å². The Balaban J connectivity index is 1.79. The largest absolute Gasteiger partial charge is 0.474 e. The predicted octanol–water partition coefficient (Wildman–Crippen LogP) is 0.976. The van der Waals surface area contributed by atoms with E-state index in [2.05, 4.69) is 20.9 Å². The molecular weight excluding hydrogens is 350 g/mol. The smallest absolute Gasteiger partial charge is 0.256 e. The lowest BCUT2D eigenvalue weighted by atomic mass is 10.2. The van der Waals surface area contributed by atoms with Gasteiger partial charge in [-0.1, -0.05) is 5.21 Å². The summed E-state index contributed by atoms with van der Waals surface area (Å²) < 4.78 is 35.1. The van der Waals surface area contributed by atoms with Crippen molar-refractivity contribution in [3.63, 3.8) is 0 Å². The van der Waals surface area contributed by atoms with E-state index in [1.165, 1.54) is 23.9 Å². The highest BCUT2D eigenvalue weighted by Crippen LogP contribution is 2.26. The van der Waals surface area contributed by atoms with Crippen molar-refractivity contribution in [3.8, 4) is 5.69 Å². The van der Waals surface area contributed by atoms with Gasteiger partial charge in [-0.2, -0.15) is 0 Å². The van der Waals surface area contributed by atoms with Crippen molar-refractivity contribution in [3.05, 3.63) is 35.7 Å². The maximum atomic E-state index is 14.5. The van der Waals surface area contributed by atoms with E-state index >= 15 is 0 Å². The number of piperazine rings is 1. The number of nitrogens with zero attached hydrogens (tertiary/aromatic N) is 4. The molecule has 3 rings (SSSR count). The van der Waals surface area contributed by atoms with Crippen LogP contribution in [0.4, 0.5) is 14.5 Å². The topological polar surface area (TPSA) is 67.2 Å². The minimum absolute atomic E-state index is 0.00213. The maximum absolute atomic E-state index is 14.5. The first-order valence-corrected chi connectivity index (χ1v) is 8.17. The Labute approximate surface area is 148 Å². The number of hydrogen-bond acceptors (Lipinski definition) is 6. The van der Waals surface area contributed by atoms with Gasteiger partial charge in [-0.25, -0.2) is 13.5 Å². The zero-order valence-corrected chi connectivity index (χ0v) is 14.4. The highest BCUT2D eigenvalue weighted by atomic mass is 32.1. The Bertz CT molecular complexity index is 739. The highest BCUT2D eigenvalue weighted by molar-refractivity contribution is 7.80. The van der Waals surface area contributed by atoms with Crippen LogP contribution < -0.4 is 15.5 Å². The Kier molecular flexibility index (Phi) is 5.39. The Morgan fingerprint density at radius 2 is 2.00 bits per heavy atom. The van der Waals surface area contributed by atoms with Crippen molar-refractivity contribution >= 4 is 23.1 Å². The van der Waals surface area contributed by atoms with Crippen LogP contribution in [0.3, 0.4) is 0 Å². The van der Waals surface area contributed by atoms with Crippen LogP contribution in [-0.4, -0.2) is 53.5 Å². The van der Waals surface area contributed by atoms with Crippen LogP contribution in [0.2, 0.25) is 0 Å². The third-order valence-corrected chi connectivity index (χ3v) is 4.15. The first-order chi connectivity index (χ1) is 12.1. The lowest BCUT2D eigenvalue weighted by Gasteiger charge is -2.30. The molecule has 1 fully saturated rings. The zero-order valence-electron chi connectivity index (χ0n) is 13.6. The number of benzene rings is 1. The van der Waals surface area contributed by atoms with Gasteiger partial charge in [0.1, 0.15) is 11.4 Å². The highest BCUT2D eigenvalue weighted by Gasteiger charge is 2.20. The zero-order chi connectivity index (χ0) is 17.8. The molecule has 1 aliphatic rings. The molecule has 2 aromatic rings. The molecule has 25 heavy (non-hydrogen) atoms. The van der Waals surface area contributed by atoms with Crippen LogP contribution in [0, 0.1) is 11.6 Å². The third-order valence-electron chi connectivity index (χ3n) is 3.84. The lowest BCUT2D eigenvalue weighted by molar-refractivity contribution is 0.392. The van der Waals surface area contributed by atoms with E-state index in [4.69, 9.17) is 17.0 Å². The Morgan fingerprint density at radius 1 is 1.32 bits per heavy atom. The second kappa shape index (κ2) is 7.70. The summed E-state index contributed by atoms with van der Waals surface area (Å²) in [6.45, 7) is 2.82. The molecule has 0 aliphatic carbocycles. The number of aromatic nitrogens is 3. The van der Waals surface area contributed by atoms with Crippen LogP contribution in [0.5, 0.6) is 0 Å². The quantitative estimate of drug-likeness (QED) is 0.780. The van der Waals surface area contributed by atoms with Gasteiger partial charge >= 0.3 is 0 Å². The second-order valence-corrected chi connectivity index (χ2v) is 5.87. The number of ether oxygens (including phenoxy) is 1. The second-order valence-electron chi connectivity index (χ2n) is 5.49. The molecule has 1 saturated heterocycles. The standard InChI is InChI=1S/C15H18F2N6OS/c1-24-15(25)19-8-10-9-23(21-20-10)11-6-12(16)14(13(17)7-11)22-4-2-18-3-5-22/h6-7,9,18H,2-5,8H2,1H3,(H,19,25). The third kappa shape index (κ3) is 4.02. The fraction of sp³-hybridized carbons (Fsp3) is 0.400. The summed E-state index contributed by atoms with van der Waals surface area (Å²) in [5, 5.41) is 14.0. The fourth-order valence-corrected chi connectivity index (χ4v) is 2.69.